The smallest absolute Gasteiger partial charge is 0.325 e. The van der Waals surface area contributed by atoms with Crippen LogP contribution in [0.15, 0.2) is 0 Å². The molecule has 3 fully saturated rings. The Balaban J connectivity index is 1.65. The Kier molecular flexibility index (Phi) is 3.80. The second-order valence-electron chi connectivity index (χ2n) is 6.18. The molecule has 0 aromatic heterocycles. The van der Waals surface area contributed by atoms with Gasteiger partial charge in [-0.25, -0.2) is 0 Å². The Hall–Kier alpha value is -0.260. The predicted molar refractivity (Wildman–Crippen MR) is 75.5 cm³/mol. The molecule has 19 heavy (non-hydrogen) atoms. The van der Waals surface area contributed by atoms with Gasteiger partial charge in [-0.2, -0.15) is 11.8 Å². The molecule has 3 atom stereocenters. The summed E-state index contributed by atoms with van der Waals surface area (Å²) in [4.78, 5) is 11.8. The number of hydrogen-bond acceptors (Lipinski definition) is 4. The Bertz CT molecular complexity index is 357. The molecule has 4 nitrogen and oxygen atoms in total. The van der Waals surface area contributed by atoms with Crippen LogP contribution in [0.4, 0.5) is 0 Å². The summed E-state index contributed by atoms with van der Waals surface area (Å²) in [6.45, 7) is 2.91. The molecule has 0 radical (unpaired) electrons. The minimum Gasteiger partial charge on any atom is -0.480 e. The van der Waals surface area contributed by atoms with E-state index in [2.05, 4.69) is 12.2 Å². The third-order valence-corrected chi connectivity index (χ3v) is 6.20. The van der Waals surface area contributed by atoms with E-state index in [9.17, 15) is 9.90 Å². The zero-order valence-corrected chi connectivity index (χ0v) is 12.2. The van der Waals surface area contributed by atoms with Gasteiger partial charge in [0, 0.05) is 23.7 Å². The zero-order chi connectivity index (χ0) is 13.5. The first-order valence-electron chi connectivity index (χ1n) is 7.36. The van der Waals surface area contributed by atoms with Crippen molar-refractivity contribution in [2.75, 3.05) is 12.4 Å². The largest absolute Gasteiger partial charge is 0.480 e. The van der Waals surface area contributed by atoms with Crippen molar-refractivity contribution in [1.82, 2.24) is 5.32 Å². The number of rotatable bonds is 7. The fourth-order valence-electron chi connectivity index (χ4n) is 2.91. The van der Waals surface area contributed by atoms with E-state index in [-0.39, 0.29) is 6.10 Å². The van der Waals surface area contributed by atoms with Crippen molar-refractivity contribution >= 4 is 17.7 Å². The van der Waals surface area contributed by atoms with Gasteiger partial charge in [0.25, 0.3) is 0 Å². The van der Waals surface area contributed by atoms with Crippen molar-refractivity contribution < 1.29 is 14.6 Å². The van der Waals surface area contributed by atoms with Gasteiger partial charge in [0.1, 0.15) is 5.54 Å². The van der Waals surface area contributed by atoms with Gasteiger partial charge >= 0.3 is 5.97 Å². The van der Waals surface area contributed by atoms with Gasteiger partial charge in [-0.1, -0.05) is 0 Å². The van der Waals surface area contributed by atoms with Crippen LogP contribution in [0, 0.1) is 5.92 Å². The van der Waals surface area contributed by atoms with Crippen molar-refractivity contribution in [1.29, 1.82) is 0 Å². The van der Waals surface area contributed by atoms with E-state index in [1.807, 2.05) is 0 Å². The number of aliphatic carboxylic acids is 1. The molecule has 2 N–H and O–H groups in total. The molecule has 0 aromatic carbocycles. The van der Waals surface area contributed by atoms with Gasteiger partial charge in [-0.15, -0.1) is 0 Å². The molecule has 1 saturated heterocycles. The summed E-state index contributed by atoms with van der Waals surface area (Å²) in [5.41, 5.74) is -0.686. The molecule has 0 bridgehead atoms. The molecule has 2 aliphatic carbocycles. The maximum absolute atomic E-state index is 11.8. The third kappa shape index (κ3) is 2.93. The quantitative estimate of drug-likeness (QED) is 0.748. The highest BCUT2D eigenvalue weighted by molar-refractivity contribution is 8.00. The second kappa shape index (κ2) is 5.26. The van der Waals surface area contributed by atoms with E-state index in [1.165, 1.54) is 0 Å². The monoisotopic (exact) mass is 285 g/mol. The van der Waals surface area contributed by atoms with E-state index in [0.717, 1.165) is 38.7 Å². The Morgan fingerprint density at radius 3 is 2.58 bits per heavy atom. The zero-order valence-electron chi connectivity index (χ0n) is 11.4. The van der Waals surface area contributed by atoms with Crippen molar-refractivity contribution in [2.24, 2.45) is 5.92 Å². The average molecular weight is 285 g/mol. The van der Waals surface area contributed by atoms with Gasteiger partial charge in [0.2, 0.25) is 0 Å². The Labute approximate surface area is 118 Å². The van der Waals surface area contributed by atoms with Gasteiger partial charge in [0.05, 0.1) is 6.10 Å². The molecule has 3 aliphatic rings. The number of carbonyl (C=O) groups is 1. The molecule has 0 aromatic rings. The van der Waals surface area contributed by atoms with Crippen LogP contribution in [0.1, 0.15) is 39.0 Å². The molecule has 1 heterocycles. The molecule has 0 spiro atoms. The van der Waals surface area contributed by atoms with Crippen LogP contribution >= 0.6 is 11.8 Å². The molecule has 1 aliphatic heterocycles. The van der Waals surface area contributed by atoms with Gasteiger partial charge in [0.15, 0.2) is 0 Å². The van der Waals surface area contributed by atoms with Gasteiger partial charge in [-0.3, -0.25) is 10.1 Å². The number of nitrogens with one attached hydrogen (secondary N) is 1. The van der Waals surface area contributed by atoms with Gasteiger partial charge < -0.3 is 9.84 Å². The first-order chi connectivity index (χ1) is 9.12. The van der Waals surface area contributed by atoms with E-state index in [4.69, 9.17) is 4.74 Å². The SMILES string of the molecule is CC1OCCC1SCC(NC1CC1)(C(=O)O)C1CC1. The standard InChI is InChI=1S/C14H23NO3S/c1-9-12(6-7-18-9)19-8-14(13(16)17,10-2-3-10)15-11-4-5-11/h9-12,15H,2-8H2,1H3,(H,16,17). The highest BCUT2D eigenvalue weighted by Gasteiger charge is 2.53. The topological polar surface area (TPSA) is 58.6 Å². The molecular weight excluding hydrogens is 262 g/mol. The maximum atomic E-state index is 11.8. The molecule has 0 amide bonds. The van der Waals surface area contributed by atoms with E-state index in [0.29, 0.717) is 23.0 Å². The number of ether oxygens (including phenoxy) is 1. The lowest BCUT2D eigenvalue weighted by molar-refractivity contribution is -0.145. The first-order valence-corrected chi connectivity index (χ1v) is 8.41. The number of carboxylic acids is 1. The molecular formula is C14H23NO3S. The van der Waals surface area contributed by atoms with E-state index in [1.54, 1.807) is 11.8 Å². The summed E-state index contributed by atoms with van der Waals surface area (Å²) in [5.74, 6) is 0.360. The minimum atomic E-state index is -0.686. The molecule has 5 heteroatoms. The fourth-order valence-corrected chi connectivity index (χ4v) is 4.44. The summed E-state index contributed by atoms with van der Waals surface area (Å²) in [7, 11) is 0. The van der Waals surface area contributed by atoms with Crippen molar-refractivity contribution in [3.63, 3.8) is 0 Å². The first kappa shape index (κ1) is 13.7. The Morgan fingerprint density at radius 2 is 2.11 bits per heavy atom. The fraction of sp³-hybridized carbons (Fsp3) is 0.929. The summed E-state index contributed by atoms with van der Waals surface area (Å²) in [5, 5.41) is 13.6. The van der Waals surface area contributed by atoms with Crippen molar-refractivity contribution in [3.8, 4) is 0 Å². The van der Waals surface area contributed by atoms with Crippen molar-refractivity contribution in [3.05, 3.63) is 0 Å². The normalized spacial score (nSPS) is 34.2. The van der Waals surface area contributed by atoms with Crippen LogP contribution in [-0.2, 0) is 9.53 Å². The lowest BCUT2D eigenvalue weighted by atomic mass is 9.95. The van der Waals surface area contributed by atoms with Crippen LogP contribution in [0.5, 0.6) is 0 Å². The van der Waals surface area contributed by atoms with Crippen LogP contribution in [0.2, 0.25) is 0 Å². The Morgan fingerprint density at radius 1 is 1.37 bits per heavy atom. The molecule has 2 saturated carbocycles. The third-order valence-electron chi connectivity index (χ3n) is 4.53. The van der Waals surface area contributed by atoms with Crippen LogP contribution in [-0.4, -0.2) is 46.4 Å². The summed E-state index contributed by atoms with van der Waals surface area (Å²) < 4.78 is 5.57. The second-order valence-corrected chi connectivity index (χ2v) is 7.41. The van der Waals surface area contributed by atoms with Crippen molar-refractivity contribution in [2.45, 2.75) is 62.0 Å². The summed E-state index contributed by atoms with van der Waals surface area (Å²) in [6.07, 6.45) is 5.70. The highest BCUT2D eigenvalue weighted by atomic mass is 32.2. The predicted octanol–water partition coefficient (Wildman–Crippen LogP) is 1.88. The number of carboxylic acid groups (broad SMARTS) is 1. The lowest BCUT2D eigenvalue weighted by Crippen LogP contribution is -2.57. The summed E-state index contributed by atoms with van der Waals surface area (Å²) in [6, 6.07) is 0.439. The highest BCUT2D eigenvalue weighted by Crippen LogP contribution is 2.44. The van der Waals surface area contributed by atoms with E-state index < -0.39 is 11.5 Å². The van der Waals surface area contributed by atoms with Crippen LogP contribution in [0.25, 0.3) is 0 Å². The maximum Gasteiger partial charge on any atom is 0.325 e. The minimum absolute atomic E-state index is 0.261. The number of hydrogen-bond donors (Lipinski definition) is 2. The van der Waals surface area contributed by atoms with Gasteiger partial charge in [-0.05, 0) is 44.9 Å². The molecule has 3 rings (SSSR count). The molecule has 108 valence electrons. The average Bonchev–Trinajstić information content (AvgIpc) is 3.25. The van der Waals surface area contributed by atoms with E-state index >= 15 is 0 Å². The van der Waals surface area contributed by atoms with Crippen LogP contribution in [0.3, 0.4) is 0 Å². The molecule has 3 unspecified atom stereocenters. The van der Waals surface area contributed by atoms with Crippen LogP contribution < -0.4 is 5.32 Å². The number of thioether (sulfide) groups is 1. The summed E-state index contributed by atoms with van der Waals surface area (Å²) >= 11 is 1.80. The lowest BCUT2D eigenvalue weighted by Gasteiger charge is -2.32.